The van der Waals surface area contributed by atoms with Crippen LogP contribution in [-0.2, 0) is 6.42 Å². The Morgan fingerprint density at radius 1 is 1.20 bits per heavy atom. The molecule has 0 saturated heterocycles. The zero-order valence-electron chi connectivity index (χ0n) is 11.3. The van der Waals surface area contributed by atoms with E-state index in [1.165, 1.54) is 10.5 Å². The summed E-state index contributed by atoms with van der Waals surface area (Å²) in [5.74, 6) is 0.391. The van der Waals surface area contributed by atoms with E-state index < -0.39 is 0 Å². The van der Waals surface area contributed by atoms with E-state index in [0.717, 1.165) is 5.75 Å². The van der Waals surface area contributed by atoms with Crippen LogP contribution in [-0.4, -0.2) is 11.8 Å². The van der Waals surface area contributed by atoms with E-state index in [9.17, 15) is 4.39 Å². The van der Waals surface area contributed by atoms with E-state index in [-0.39, 0.29) is 16.9 Å². The fraction of sp³-hybridized carbons (Fsp3) is 0.250. The smallest absolute Gasteiger partial charge is 0.145 e. The van der Waals surface area contributed by atoms with Crippen molar-refractivity contribution in [3.63, 3.8) is 0 Å². The molecule has 0 bridgehead atoms. The third-order valence-electron chi connectivity index (χ3n) is 3.06. The molecule has 4 heteroatoms. The quantitative estimate of drug-likeness (QED) is 0.826. The van der Waals surface area contributed by atoms with E-state index >= 15 is 0 Å². The second-order valence-electron chi connectivity index (χ2n) is 4.75. The van der Waals surface area contributed by atoms with Crippen molar-refractivity contribution in [2.75, 3.05) is 5.75 Å². The lowest BCUT2D eigenvalue weighted by atomic mass is 10.1. The Bertz CT molecular complexity index is 588. The summed E-state index contributed by atoms with van der Waals surface area (Å²) >= 11 is 7.47. The van der Waals surface area contributed by atoms with Crippen molar-refractivity contribution < 1.29 is 4.39 Å². The van der Waals surface area contributed by atoms with Gasteiger partial charge in [-0.25, -0.2) is 4.39 Å². The molecule has 1 unspecified atom stereocenters. The monoisotopic (exact) mass is 309 g/mol. The molecule has 1 atom stereocenters. The van der Waals surface area contributed by atoms with Gasteiger partial charge in [-0.2, -0.15) is 0 Å². The highest BCUT2D eigenvalue weighted by atomic mass is 35.5. The van der Waals surface area contributed by atoms with Crippen LogP contribution in [0.5, 0.6) is 0 Å². The summed E-state index contributed by atoms with van der Waals surface area (Å²) in [6.45, 7) is 2.07. The van der Waals surface area contributed by atoms with Gasteiger partial charge in [-0.15, -0.1) is 11.8 Å². The average molecular weight is 310 g/mol. The van der Waals surface area contributed by atoms with Gasteiger partial charge in [0.15, 0.2) is 0 Å². The molecule has 0 aromatic heterocycles. The van der Waals surface area contributed by atoms with Crippen LogP contribution in [0.15, 0.2) is 47.4 Å². The first kappa shape index (κ1) is 15.4. The topological polar surface area (TPSA) is 26.0 Å². The molecule has 0 amide bonds. The predicted octanol–water partition coefficient (Wildman–Crippen LogP) is 4.45. The molecule has 0 heterocycles. The van der Waals surface area contributed by atoms with Gasteiger partial charge in [0.1, 0.15) is 5.82 Å². The Hall–Kier alpha value is -1.03. The Kier molecular flexibility index (Phi) is 5.46. The molecule has 0 spiro atoms. The van der Waals surface area contributed by atoms with Crippen LogP contribution in [0.4, 0.5) is 4.39 Å². The summed E-state index contributed by atoms with van der Waals surface area (Å²) in [5.41, 5.74) is 7.91. The molecular weight excluding hydrogens is 293 g/mol. The van der Waals surface area contributed by atoms with E-state index in [2.05, 4.69) is 19.1 Å². The first-order valence-corrected chi connectivity index (χ1v) is 7.81. The Morgan fingerprint density at radius 2 is 1.95 bits per heavy atom. The minimum atomic E-state index is -0.356. The number of benzene rings is 2. The summed E-state index contributed by atoms with van der Waals surface area (Å²) in [7, 11) is 0. The van der Waals surface area contributed by atoms with Crippen molar-refractivity contribution in [2.24, 2.45) is 5.73 Å². The summed E-state index contributed by atoms with van der Waals surface area (Å²) in [5, 5.41) is 0.154. The largest absolute Gasteiger partial charge is 0.327 e. The molecule has 106 valence electrons. The molecule has 2 N–H and O–H groups in total. The average Bonchev–Trinajstić information content (AvgIpc) is 2.43. The van der Waals surface area contributed by atoms with Crippen molar-refractivity contribution in [1.82, 2.24) is 0 Å². The number of aryl methyl sites for hydroxylation is 1. The normalized spacial score (nSPS) is 12.4. The van der Waals surface area contributed by atoms with Gasteiger partial charge < -0.3 is 5.73 Å². The first-order valence-electron chi connectivity index (χ1n) is 6.45. The molecule has 0 radical (unpaired) electrons. The number of halogens is 2. The summed E-state index contributed by atoms with van der Waals surface area (Å²) in [6.07, 6.45) is 0.491. The highest BCUT2D eigenvalue weighted by Gasteiger charge is 2.11. The zero-order chi connectivity index (χ0) is 14.5. The van der Waals surface area contributed by atoms with Crippen LogP contribution in [0.3, 0.4) is 0 Å². The van der Waals surface area contributed by atoms with Gasteiger partial charge in [0, 0.05) is 16.7 Å². The van der Waals surface area contributed by atoms with Crippen molar-refractivity contribution in [3.8, 4) is 0 Å². The number of thioether (sulfide) groups is 1. The van der Waals surface area contributed by atoms with Crippen molar-refractivity contribution in [1.29, 1.82) is 0 Å². The molecule has 0 fully saturated rings. The standard InChI is InChI=1S/C16H17ClFNS/c1-11-5-2-3-8-15(11)20-10-13(19)9-12-6-4-7-14(17)16(12)18/h2-8,13H,9-10,19H2,1H3. The van der Waals surface area contributed by atoms with Gasteiger partial charge in [-0.3, -0.25) is 0 Å². The van der Waals surface area contributed by atoms with E-state index in [4.69, 9.17) is 17.3 Å². The Morgan fingerprint density at radius 3 is 2.70 bits per heavy atom. The highest BCUT2D eigenvalue weighted by Crippen LogP contribution is 2.24. The lowest BCUT2D eigenvalue weighted by molar-refractivity contribution is 0.598. The number of rotatable bonds is 5. The molecule has 0 aliphatic heterocycles. The van der Waals surface area contributed by atoms with Crippen LogP contribution in [0.25, 0.3) is 0 Å². The van der Waals surface area contributed by atoms with Crippen molar-refractivity contribution in [2.45, 2.75) is 24.3 Å². The van der Waals surface area contributed by atoms with Gasteiger partial charge in [0.05, 0.1) is 5.02 Å². The Labute approximate surface area is 128 Å². The van der Waals surface area contributed by atoms with Gasteiger partial charge in [-0.1, -0.05) is 41.9 Å². The predicted molar refractivity (Wildman–Crippen MR) is 85.0 cm³/mol. The fourth-order valence-electron chi connectivity index (χ4n) is 1.96. The fourth-order valence-corrected chi connectivity index (χ4v) is 3.14. The summed E-state index contributed by atoms with van der Waals surface area (Å²) in [6, 6.07) is 13.1. The molecule has 1 nitrogen and oxygen atoms in total. The number of hydrogen-bond acceptors (Lipinski definition) is 2. The van der Waals surface area contributed by atoms with E-state index in [0.29, 0.717) is 12.0 Å². The van der Waals surface area contributed by atoms with Crippen LogP contribution in [0.1, 0.15) is 11.1 Å². The highest BCUT2D eigenvalue weighted by molar-refractivity contribution is 7.99. The second kappa shape index (κ2) is 7.11. The third-order valence-corrected chi connectivity index (χ3v) is 4.72. The minimum Gasteiger partial charge on any atom is -0.327 e. The van der Waals surface area contributed by atoms with Gasteiger partial charge in [0.2, 0.25) is 0 Å². The molecule has 0 aliphatic carbocycles. The maximum atomic E-state index is 13.8. The first-order chi connectivity index (χ1) is 9.58. The van der Waals surface area contributed by atoms with Crippen LogP contribution in [0, 0.1) is 12.7 Å². The van der Waals surface area contributed by atoms with Crippen LogP contribution in [0.2, 0.25) is 5.02 Å². The molecule has 2 rings (SSSR count). The maximum Gasteiger partial charge on any atom is 0.145 e. The van der Waals surface area contributed by atoms with E-state index in [1.54, 1.807) is 30.0 Å². The number of nitrogens with two attached hydrogens (primary N) is 1. The van der Waals surface area contributed by atoms with Gasteiger partial charge in [-0.05, 0) is 36.6 Å². The molecular formula is C16H17ClFNS. The van der Waals surface area contributed by atoms with Gasteiger partial charge in [0.25, 0.3) is 0 Å². The molecule has 0 saturated carbocycles. The van der Waals surface area contributed by atoms with E-state index in [1.807, 2.05) is 12.1 Å². The lowest BCUT2D eigenvalue weighted by Gasteiger charge is -2.13. The van der Waals surface area contributed by atoms with Crippen LogP contribution < -0.4 is 5.73 Å². The SMILES string of the molecule is Cc1ccccc1SCC(N)Cc1cccc(Cl)c1F. The molecule has 2 aromatic carbocycles. The zero-order valence-corrected chi connectivity index (χ0v) is 12.8. The minimum absolute atomic E-state index is 0.104. The van der Waals surface area contributed by atoms with Gasteiger partial charge >= 0.3 is 0 Å². The molecule has 2 aromatic rings. The number of hydrogen-bond donors (Lipinski definition) is 1. The second-order valence-corrected chi connectivity index (χ2v) is 6.22. The summed E-state index contributed by atoms with van der Waals surface area (Å²) in [4.78, 5) is 1.22. The van der Waals surface area contributed by atoms with Crippen LogP contribution >= 0.6 is 23.4 Å². The Balaban J connectivity index is 1.94. The summed E-state index contributed by atoms with van der Waals surface area (Å²) < 4.78 is 13.8. The third kappa shape index (κ3) is 3.98. The van der Waals surface area contributed by atoms with Crippen molar-refractivity contribution >= 4 is 23.4 Å². The van der Waals surface area contributed by atoms with Crippen molar-refractivity contribution in [3.05, 3.63) is 64.4 Å². The molecule has 20 heavy (non-hydrogen) atoms. The maximum absolute atomic E-state index is 13.8. The molecule has 0 aliphatic rings. The lowest BCUT2D eigenvalue weighted by Crippen LogP contribution is -2.26.